The van der Waals surface area contributed by atoms with E-state index in [0.29, 0.717) is 5.56 Å². The number of hydrogen-bond donors (Lipinski definition) is 1. The zero-order valence-electron chi connectivity index (χ0n) is 9.42. The highest BCUT2D eigenvalue weighted by atomic mass is 19.4. The molecule has 95 valence electrons. The summed E-state index contributed by atoms with van der Waals surface area (Å²) >= 11 is 0. The van der Waals surface area contributed by atoms with Crippen LogP contribution < -0.4 is 4.74 Å². The van der Waals surface area contributed by atoms with Crippen LogP contribution in [0.3, 0.4) is 0 Å². The minimum Gasteiger partial charge on any atom is -0.493 e. The number of alkyl halides is 3. The lowest BCUT2D eigenvalue weighted by Gasteiger charge is -2.16. The van der Waals surface area contributed by atoms with Crippen LogP contribution in [0, 0.1) is 6.92 Å². The summed E-state index contributed by atoms with van der Waals surface area (Å²) in [6.07, 6.45) is -4.48. The van der Waals surface area contributed by atoms with Gasteiger partial charge in [-0.3, -0.25) is 0 Å². The molecule has 0 aliphatic heterocycles. The highest BCUT2D eigenvalue weighted by molar-refractivity contribution is 5.40. The van der Waals surface area contributed by atoms with Gasteiger partial charge in [-0.1, -0.05) is 6.07 Å². The average Bonchev–Trinajstić information content (AvgIpc) is 2.27. The molecule has 1 aromatic carbocycles. The van der Waals surface area contributed by atoms with E-state index in [1.54, 1.807) is 6.92 Å². The predicted molar refractivity (Wildman–Crippen MR) is 57.8 cm³/mol. The number of hydrogen-bond acceptors (Lipinski definition) is 2. The van der Waals surface area contributed by atoms with E-state index in [0.717, 1.165) is 6.07 Å². The first kappa shape index (κ1) is 13.8. The molecule has 1 radical (unpaired) electrons. The molecule has 0 fully saturated rings. The minimum atomic E-state index is -4.48. The van der Waals surface area contributed by atoms with E-state index in [2.05, 4.69) is 6.92 Å². The van der Waals surface area contributed by atoms with Crippen molar-refractivity contribution in [1.82, 2.24) is 0 Å². The molecule has 0 heterocycles. The smallest absolute Gasteiger partial charge is 0.419 e. The second-order valence-corrected chi connectivity index (χ2v) is 3.57. The molecular formula is C12H14F3O2. The fraction of sp³-hybridized carbons (Fsp3) is 0.417. The van der Waals surface area contributed by atoms with Crippen molar-refractivity contribution in [2.45, 2.75) is 19.0 Å². The van der Waals surface area contributed by atoms with Crippen LogP contribution in [0.15, 0.2) is 18.2 Å². The Labute approximate surface area is 98.0 Å². The van der Waals surface area contributed by atoms with Crippen molar-refractivity contribution in [1.29, 1.82) is 0 Å². The second kappa shape index (κ2) is 5.40. The van der Waals surface area contributed by atoms with Gasteiger partial charge in [0.15, 0.2) is 0 Å². The zero-order valence-corrected chi connectivity index (χ0v) is 9.42. The summed E-state index contributed by atoms with van der Waals surface area (Å²) in [5.41, 5.74) is -0.498. The van der Waals surface area contributed by atoms with E-state index >= 15 is 0 Å². The van der Waals surface area contributed by atoms with Gasteiger partial charge in [-0.25, -0.2) is 0 Å². The molecule has 1 N–H and O–H groups in total. The first-order valence-corrected chi connectivity index (χ1v) is 5.18. The van der Waals surface area contributed by atoms with Crippen LogP contribution in [0.5, 0.6) is 5.75 Å². The Morgan fingerprint density at radius 3 is 2.53 bits per heavy atom. The van der Waals surface area contributed by atoms with E-state index in [9.17, 15) is 13.2 Å². The third kappa shape index (κ3) is 3.36. The second-order valence-electron chi connectivity index (χ2n) is 3.57. The van der Waals surface area contributed by atoms with Gasteiger partial charge < -0.3 is 9.84 Å². The summed E-state index contributed by atoms with van der Waals surface area (Å²) in [5.74, 6) is -0.777. The van der Waals surface area contributed by atoms with Gasteiger partial charge in [-0.2, -0.15) is 13.2 Å². The molecule has 0 aromatic heterocycles. The molecule has 0 bridgehead atoms. The van der Waals surface area contributed by atoms with Gasteiger partial charge in [-0.15, -0.1) is 0 Å². The van der Waals surface area contributed by atoms with Crippen LogP contribution in [0.2, 0.25) is 0 Å². The molecule has 1 aromatic rings. The maximum absolute atomic E-state index is 12.8. The van der Waals surface area contributed by atoms with Gasteiger partial charge >= 0.3 is 6.18 Å². The van der Waals surface area contributed by atoms with Gasteiger partial charge in [0.25, 0.3) is 0 Å². The molecule has 0 aliphatic rings. The highest BCUT2D eigenvalue weighted by Gasteiger charge is 2.34. The van der Waals surface area contributed by atoms with Crippen molar-refractivity contribution < 1.29 is 23.0 Å². The summed E-state index contributed by atoms with van der Waals surface area (Å²) in [7, 11) is 0. The molecular weight excluding hydrogens is 233 g/mol. The Morgan fingerprint density at radius 2 is 2.06 bits per heavy atom. The summed E-state index contributed by atoms with van der Waals surface area (Å²) in [5, 5.41) is 8.88. The summed E-state index contributed by atoms with van der Waals surface area (Å²) < 4.78 is 43.2. The van der Waals surface area contributed by atoms with Crippen molar-refractivity contribution in [3.63, 3.8) is 0 Å². The van der Waals surface area contributed by atoms with Crippen LogP contribution in [0.25, 0.3) is 0 Å². The fourth-order valence-corrected chi connectivity index (χ4v) is 1.41. The Hall–Kier alpha value is -1.23. The molecule has 1 rings (SSSR count). The maximum atomic E-state index is 12.8. The number of rotatable bonds is 4. The maximum Gasteiger partial charge on any atom is 0.419 e. The van der Waals surface area contributed by atoms with E-state index in [-0.39, 0.29) is 19.0 Å². The molecule has 1 atom stereocenters. The molecule has 0 amide bonds. The molecule has 0 saturated heterocycles. The Morgan fingerprint density at radius 1 is 1.41 bits per heavy atom. The average molecular weight is 247 g/mol. The predicted octanol–water partition coefficient (Wildman–Crippen LogP) is 3.01. The van der Waals surface area contributed by atoms with E-state index in [4.69, 9.17) is 9.84 Å². The van der Waals surface area contributed by atoms with E-state index < -0.39 is 17.7 Å². The van der Waals surface area contributed by atoms with Gasteiger partial charge in [0.2, 0.25) is 0 Å². The Balaban J connectivity index is 3.19. The van der Waals surface area contributed by atoms with Crippen molar-refractivity contribution in [3.8, 4) is 5.75 Å². The first-order valence-electron chi connectivity index (χ1n) is 5.18. The molecule has 17 heavy (non-hydrogen) atoms. The van der Waals surface area contributed by atoms with Crippen LogP contribution in [-0.2, 0) is 6.18 Å². The quantitative estimate of drug-likeness (QED) is 0.886. The summed E-state index contributed by atoms with van der Waals surface area (Å²) in [4.78, 5) is 0. The lowest BCUT2D eigenvalue weighted by molar-refractivity contribution is -0.139. The third-order valence-corrected chi connectivity index (χ3v) is 2.30. The highest BCUT2D eigenvalue weighted by Crippen LogP contribution is 2.37. The lowest BCUT2D eigenvalue weighted by Crippen LogP contribution is -2.10. The van der Waals surface area contributed by atoms with E-state index in [1.807, 2.05) is 0 Å². The summed E-state index contributed by atoms with van der Waals surface area (Å²) in [6, 6.07) is 3.71. The van der Waals surface area contributed by atoms with E-state index in [1.165, 1.54) is 12.1 Å². The van der Waals surface area contributed by atoms with Crippen LogP contribution in [0.4, 0.5) is 13.2 Å². The number of ether oxygens (including phenoxy) is 1. The third-order valence-electron chi connectivity index (χ3n) is 2.30. The molecule has 0 aliphatic carbocycles. The minimum absolute atomic E-state index is 0.163. The number of halogens is 3. The fourth-order valence-electron chi connectivity index (χ4n) is 1.41. The van der Waals surface area contributed by atoms with Crippen molar-refractivity contribution in [2.75, 3.05) is 13.2 Å². The normalized spacial score (nSPS) is 13.5. The monoisotopic (exact) mass is 247 g/mol. The van der Waals surface area contributed by atoms with Crippen molar-refractivity contribution in [3.05, 3.63) is 36.2 Å². The van der Waals surface area contributed by atoms with Gasteiger partial charge in [0.05, 0.1) is 12.2 Å². The standard InChI is InChI=1S/C12H14F3O2/c1-3-17-11-5-4-9(8(2)7-16)6-10(11)12(13,14)15/h4-6,8,16H,2-3,7H2,1H3. The van der Waals surface area contributed by atoms with Crippen molar-refractivity contribution in [2.24, 2.45) is 0 Å². The molecule has 2 nitrogen and oxygen atoms in total. The number of aliphatic hydroxyl groups is 1. The zero-order chi connectivity index (χ0) is 13.1. The lowest BCUT2D eigenvalue weighted by atomic mass is 9.99. The molecule has 0 saturated carbocycles. The van der Waals surface area contributed by atoms with Gasteiger partial charge in [-0.05, 0) is 31.5 Å². The van der Waals surface area contributed by atoms with Crippen LogP contribution in [0.1, 0.15) is 24.0 Å². The van der Waals surface area contributed by atoms with Gasteiger partial charge in [0.1, 0.15) is 5.75 Å². The van der Waals surface area contributed by atoms with Gasteiger partial charge in [0, 0.05) is 12.5 Å². The topological polar surface area (TPSA) is 29.5 Å². The largest absolute Gasteiger partial charge is 0.493 e. The van der Waals surface area contributed by atoms with Crippen molar-refractivity contribution >= 4 is 0 Å². The molecule has 5 heteroatoms. The Bertz CT molecular complexity index is 375. The SMILES string of the molecule is [CH2]C(CO)c1ccc(OCC)c(C(F)(F)F)c1. The first-order chi connectivity index (χ1) is 7.90. The van der Waals surface area contributed by atoms with Crippen LogP contribution in [-0.4, -0.2) is 18.3 Å². The molecule has 0 spiro atoms. The van der Waals surface area contributed by atoms with Crippen LogP contribution >= 0.6 is 0 Å². The Kier molecular flexibility index (Phi) is 4.40. The number of benzene rings is 1. The summed E-state index contributed by atoms with van der Waals surface area (Å²) in [6.45, 7) is 5.05. The number of aliphatic hydroxyl groups excluding tert-OH is 1. The molecule has 1 unspecified atom stereocenters.